The van der Waals surface area contributed by atoms with Crippen LogP contribution in [0, 0.1) is 6.92 Å². The predicted octanol–water partition coefficient (Wildman–Crippen LogP) is 3.66. The highest BCUT2D eigenvalue weighted by Gasteiger charge is 2.10. The lowest BCUT2D eigenvalue weighted by Gasteiger charge is -2.06. The van der Waals surface area contributed by atoms with Gasteiger partial charge in [0.1, 0.15) is 0 Å². The first-order chi connectivity index (χ1) is 8.56. The van der Waals surface area contributed by atoms with E-state index < -0.39 is 0 Å². The van der Waals surface area contributed by atoms with Crippen LogP contribution >= 0.6 is 11.6 Å². The molecule has 3 heteroatoms. The van der Waals surface area contributed by atoms with E-state index in [-0.39, 0.29) is 5.78 Å². The number of nitrogens with two attached hydrogens (primary N) is 1. The summed E-state index contributed by atoms with van der Waals surface area (Å²) >= 11 is 5.81. The Labute approximate surface area is 111 Å². The van der Waals surface area contributed by atoms with Gasteiger partial charge in [-0.1, -0.05) is 23.7 Å². The number of hydrogen-bond acceptors (Lipinski definition) is 2. The highest BCUT2D eigenvalue weighted by atomic mass is 35.5. The van der Waals surface area contributed by atoms with Crippen molar-refractivity contribution in [2.24, 2.45) is 0 Å². The van der Waals surface area contributed by atoms with E-state index in [1.54, 1.807) is 24.3 Å². The van der Waals surface area contributed by atoms with Gasteiger partial charge < -0.3 is 5.73 Å². The molecule has 0 aliphatic heterocycles. The van der Waals surface area contributed by atoms with Gasteiger partial charge >= 0.3 is 0 Å². The third kappa shape index (κ3) is 2.90. The fraction of sp³-hybridized carbons (Fsp3) is 0.133. The molecule has 2 N–H and O–H groups in total. The molecule has 2 aromatic rings. The first-order valence-corrected chi connectivity index (χ1v) is 6.08. The molecule has 0 saturated carbocycles. The van der Waals surface area contributed by atoms with Gasteiger partial charge in [0.2, 0.25) is 0 Å². The number of halogens is 1. The van der Waals surface area contributed by atoms with E-state index >= 15 is 0 Å². The highest BCUT2D eigenvalue weighted by molar-refractivity contribution is 6.30. The van der Waals surface area contributed by atoms with E-state index in [2.05, 4.69) is 0 Å². The van der Waals surface area contributed by atoms with Crippen LogP contribution in [0.25, 0.3) is 0 Å². The maximum Gasteiger partial charge on any atom is 0.167 e. The fourth-order valence-corrected chi connectivity index (χ4v) is 2.01. The van der Waals surface area contributed by atoms with Crippen LogP contribution in [0.4, 0.5) is 5.69 Å². The molecule has 0 atom stereocenters. The average molecular weight is 260 g/mol. The summed E-state index contributed by atoms with van der Waals surface area (Å²) in [4.78, 5) is 12.2. The lowest BCUT2D eigenvalue weighted by atomic mass is 9.99. The van der Waals surface area contributed by atoms with Crippen molar-refractivity contribution in [2.45, 2.75) is 13.3 Å². The van der Waals surface area contributed by atoms with Crippen molar-refractivity contribution in [3.8, 4) is 0 Å². The smallest absolute Gasteiger partial charge is 0.167 e. The number of ketones is 1. The molecule has 2 aromatic carbocycles. The molecule has 0 spiro atoms. The van der Waals surface area contributed by atoms with Crippen LogP contribution < -0.4 is 5.73 Å². The third-order valence-electron chi connectivity index (χ3n) is 2.83. The van der Waals surface area contributed by atoms with Crippen LogP contribution in [-0.2, 0) is 6.42 Å². The van der Waals surface area contributed by atoms with Crippen molar-refractivity contribution >= 4 is 23.1 Å². The predicted molar refractivity (Wildman–Crippen MR) is 75.1 cm³/mol. The summed E-state index contributed by atoms with van der Waals surface area (Å²) in [6, 6.07) is 12.7. The van der Waals surface area contributed by atoms with Crippen molar-refractivity contribution < 1.29 is 4.79 Å². The van der Waals surface area contributed by atoms with Gasteiger partial charge in [-0.05, 0) is 48.4 Å². The van der Waals surface area contributed by atoms with E-state index in [0.29, 0.717) is 17.1 Å². The van der Waals surface area contributed by atoms with E-state index in [1.165, 1.54) is 0 Å². The lowest BCUT2D eigenvalue weighted by molar-refractivity contribution is 0.0992. The SMILES string of the molecule is Cc1cc(N)ccc1C(=O)Cc1ccc(Cl)cc1. The van der Waals surface area contributed by atoms with Gasteiger partial charge in [-0.3, -0.25) is 4.79 Å². The molecule has 92 valence electrons. The Balaban J connectivity index is 2.19. The number of rotatable bonds is 3. The molecule has 2 nitrogen and oxygen atoms in total. The molecular formula is C15H14ClNO. The van der Waals surface area contributed by atoms with Crippen LogP contribution in [0.5, 0.6) is 0 Å². The van der Waals surface area contributed by atoms with Crippen molar-refractivity contribution in [1.82, 2.24) is 0 Å². The Bertz CT molecular complexity index is 576. The van der Waals surface area contributed by atoms with E-state index in [1.807, 2.05) is 25.1 Å². The van der Waals surface area contributed by atoms with Crippen molar-refractivity contribution in [1.29, 1.82) is 0 Å². The van der Waals surface area contributed by atoms with Crippen LogP contribution in [-0.4, -0.2) is 5.78 Å². The second kappa shape index (κ2) is 5.23. The van der Waals surface area contributed by atoms with Crippen molar-refractivity contribution in [2.75, 3.05) is 5.73 Å². The molecule has 0 saturated heterocycles. The highest BCUT2D eigenvalue weighted by Crippen LogP contribution is 2.16. The summed E-state index contributed by atoms with van der Waals surface area (Å²) in [5.41, 5.74) is 8.94. The number of hydrogen-bond donors (Lipinski definition) is 1. The molecular weight excluding hydrogens is 246 g/mol. The number of Topliss-reactive ketones (excluding diaryl/α,β-unsaturated/α-hetero) is 1. The minimum absolute atomic E-state index is 0.0924. The first kappa shape index (κ1) is 12.7. The summed E-state index contributed by atoms with van der Waals surface area (Å²) in [6.45, 7) is 1.89. The first-order valence-electron chi connectivity index (χ1n) is 5.70. The number of anilines is 1. The summed E-state index contributed by atoms with van der Waals surface area (Å²) in [6.07, 6.45) is 0.377. The Morgan fingerprint density at radius 1 is 1.17 bits per heavy atom. The summed E-state index contributed by atoms with van der Waals surface area (Å²) < 4.78 is 0. The molecule has 0 heterocycles. The molecule has 0 unspecified atom stereocenters. The molecule has 0 aromatic heterocycles. The van der Waals surface area contributed by atoms with E-state index in [0.717, 1.165) is 16.7 Å². The van der Waals surface area contributed by atoms with Crippen LogP contribution in [0.3, 0.4) is 0 Å². The lowest BCUT2D eigenvalue weighted by Crippen LogP contribution is -2.06. The molecule has 2 rings (SSSR count). The molecule has 0 aliphatic rings. The standard InChI is InChI=1S/C15H14ClNO/c1-10-8-13(17)6-7-14(10)15(18)9-11-2-4-12(16)5-3-11/h2-8H,9,17H2,1H3. The van der Waals surface area contributed by atoms with Gasteiger partial charge in [-0.2, -0.15) is 0 Å². The summed E-state index contributed by atoms with van der Waals surface area (Å²) in [7, 11) is 0. The Kier molecular flexibility index (Phi) is 3.68. The van der Waals surface area contributed by atoms with E-state index in [4.69, 9.17) is 17.3 Å². The zero-order chi connectivity index (χ0) is 13.1. The molecule has 0 fully saturated rings. The second-order valence-electron chi connectivity index (χ2n) is 4.30. The molecule has 0 radical (unpaired) electrons. The van der Waals surface area contributed by atoms with Gasteiger partial charge in [0.15, 0.2) is 5.78 Å². The maximum absolute atomic E-state index is 12.2. The number of aryl methyl sites for hydroxylation is 1. The molecule has 18 heavy (non-hydrogen) atoms. The summed E-state index contributed by atoms with van der Waals surface area (Å²) in [5, 5.41) is 0.676. The minimum Gasteiger partial charge on any atom is -0.399 e. The van der Waals surface area contributed by atoms with Gasteiger partial charge in [0, 0.05) is 22.7 Å². The topological polar surface area (TPSA) is 43.1 Å². The fourth-order valence-electron chi connectivity index (χ4n) is 1.88. The number of carbonyl (C=O) groups is 1. The van der Waals surface area contributed by atoms with Gasteiger partial charge in [-0.25, -0.2) is 0 Å². The zero-order valence-electron chi connectivity index (χ0n) is 10.1. The Morgan fingerprint density at radius 3 is 2.44 bits per heavy atom. The number of carbonyl (C=O) groups excluding carboxylic acids is 1. The molecule has 0 amide bonds. The minimum atomic E-state index is 0.0924. The van der Waals surface area contributed by atoms with Crippen molar-refractivity contribution in [3.05, 3.63) is 64.2 Å². The zero-order valence-corrected chi connectivity index (χ0v) is 10.9. The third-order valence-corrected chi connectivity index (χ3v) is 3.08. The van der Waals surface area contributed by atoms with Crippen LogP contribution in [0.2, 0.25) is 5.02 Å². The molecule has 0 aliphatic carbocycles. The van der Waals surface area contributed by atoms with Crippen LogP contribution in [0.1, 0.15) is 21.5 Å². The van der Waals surface area contributed by atoms with Gasteiger partial charge in [0.25, 0.3) is 0 Å². The van der Waals surface area contributed by atoms with E-state index in [9.17, 15) is 4.79 Å². The van der Waals surface area contributed by atoms with Gasteiger partial charge in [0.05, 0.1) is 0 Å². The van der Waals surface area contributed by atoms with Crippen molar-refractivity contribution in [3.63, 3.8) is 0 Å². The maximum atomic E-state index is 12.2. The molecule has 0 bridgehead atoms. The monoisotopic (exact) mass is 259 g/mol. The largest absolute Gasteiger partial charge is 0.399 e. The number of benzene rings is 2. The second-order valence-corrected chi connectivity index (χ2v) is 4.74. The van der Waals surface area contributed by atoms with Crippen LogP contribution in [0.15, 0.2) is 42.5 Å². The Hall–Kier alpha value is -1.80. The number of nitrogen functional groups attached to an aromatic ring is 1. The van der Waals surface area contributed by atoms with Gasteiger partial charge in [-0.15, -0.1) is 0 Å². The average Bonchev–Trinajstić information content (AvgIpc) is 2.32. The Morgan fingerprint density at radius 2 is 1.83 bits per heavy atom. The quantitative estimate of drug-likeness (QED) is 0.675. The summed E-state index contributed by atoms with van der Waals surface area (Å²) in [5.74, 6) is 0.0924. The normalized spacial score (nSPS) is 10.3.